The molecule has 1 aromatic heterocycles. The van der Waals surface area contributed by atoms with E-state index >= 15 is 0 Å². The smallest absolute Gasteiger partial charge is 0.143 e. The maximum atomic E-state index is 4.49. The van der Waals surface area contributed by atoms with Crippen LogP contribution in [0.2, 0.25) is 0 Å². The highest BCUT2D eigenvalue weighted by Gasteiger charge is 2.30. The van der Waals surface area contributed by atoms with Crippen LogP contribution in [0, 0.1) is 0 Å². The summed E-state index contributed by atoms with van der Waals surface area (Å²) in [6.07, 6.45) is 5.65. The Bertz CT molecular complexity index is 350. The number of hydrogen-bond donors (Lipinski definition) is 0. The van der Waals surface area contributed by atoms with Crippen LogP contribution in [0.25, 0.3) is 0 Å². The van der Waals surface area contributed by atoms with Crippen LogP contribution in [-0.4, -0.2) is 17.6 Å². The molecule has 82 valence electrons. The quantitative estimate of drug-likeness (QED) is 0.828. The molecule has 1 heterocycles. The van der Waals surface area contributed by atoms with Crippen molar-refractivity contribution in [2.75, 3.05) is 11.4 Å². The van der Waals surface area contributed by atoms with Crippen LogP contribution in [0.1, 0.15) is 26.2 Å². The molecule has 0 bridgehead atoms. The molecule has 1 aliphatic carbocycles. The maximum absolute atomic E-state index is 4.49. The lowest BCUT2D eigenvalue weighted by Gasteiger charge is -2.23. The first-order chi connectivity index (χ1) is 7.22. The minimum atomic E-state index is 0.718. The van der Waals surface area contributed by atoms with Gasteiger partial charge in [-0.1, -0.05) is 6.92 Å². The third kappa shape index (κ3) is 2.72. The Morgan fingerprint density at radius 3 is 2.73 bits per heavy atom. The number of rotatable bonds is 4. The van der Waals surface area contributed by atoms with Crippen molar-refractivity contribution in [2.45, 2.75) is 32.2 Å². The predicted octanol–water partition coefficient (Wildman–Crippen LogP) is 3.99. The van der Waals surface area contributed by atoms with Gasteiger partial charge in [0.1, 0.15) is 5.82 Å². The fourth-order valence-corrected chi connectivity index (χ4v) is 2.92. The van der Waals surface area contributed by atoms with Gasteiger partial charge in [-0.2, -0.15) is 0 Å². The molecule has 0 aromatic carbocycles. The Morgan fingerprint density at radius 2 is 2.20 bits per heavy atom. The van der Waals surface area contributed by atoms with E-state index in [0.29, 0.717) is 0 Å². The average Bonchev–Trinajstić information content (AvgIpc) is 2.98. The predicted molar refractivity (Wildman–Crippen MR) is 70.3 cm³/mol. The summed E-state index contributed by atoms with van der Waals surface area (Å²) in [6.45, 7) is 3.31. The molecule has 0 spiro atoms. The largest absolute Gasteiger partial charge is 0.353 e. The monoisotopic (exact) mass is 332 g/mol. The van der Waals surface area contributed by atoms with E-state index in [4.69, 9.17) is 0 Å². The van der Waals surface area contributed by atoms with Crippen molar-refractivity contribution in [1.82, 2.24) is 4.98 Å². The van der Waals surface area contributed by atoms with Gasteiger partial charge in [-0.05, 0) is 57.2 Å². The van der Waals surface area contributed by atoms with Crippen molar-refractivity contribution in [1.29, 1.82) is 0 Å². The van der Waals surface area contributed by atoms with E-state index in [2.05, 4.69) is 54.7 Å². The number of anilines is 1. The van der Waals surface area contributed by atoms with E-state index < -0.39 is 0 Å². The summed E-state index contributed by atoms with van der Waals surface area (Å²) in [4.78, 5) is 6.90. The fourth-order valence-electron chi connectivity index (χ4n) is 1.71. The molecule has 0 unspecified atom stereocenters. The number of halogens is 2. The fraction of sp³-hybridized carbons (Fsp3) is 0.545. The number of nitrogens with zero attached hydrogens (tertiary/aromatic N) is 2. The van der Waals surface area contributed by atoms with Gasteiger partial charge in [0.2, 0.25) is 0 Å². The summed E-state index contributed by atoms with van der Waals surface area (Å²) < 4.78 is 2.10. The van der Waals surface area contributed by atoms with Crippen molar-refractivity contribution in [2.24, 2.45) is 0 Å². The maximum Gasteiger partial charge on any atom is 0.143 e. The van der Waals surface area contributed by atoms with Gasteiger partial charge in [-0.25, -0.2) is 4.98 Å². The molecule has 0 atom stereocenters. The summed E-state index contributed by atoms with van der Waals surface area (Å²) in [5.74, 6) is 1.09. The Labute approximate surface area is 107 Å². The zero-order valence-electron chi connectivity index (χ0n) is 8.71. The van der Waals surface area contributed by atoms with Crippen molar-refractivity contribution in [3.63, 3.8) is 0 Å². The van der Waals surface area contributed by atoms with Gasteiger partial charge in [0.05, 0.1) is 4.47 Å². The third-order valence-corrected chi connectivity index (χ3v) is 3.53. The summed E-state index contributed by atoms with van der Waals surface area (Å²) in [6, 6.07) is 2.78. The van der Waals surface area contributed by atoms with Gasteiger partial charge in [0.25, 0.3) is 0 Å². The normalized spacial score (nSPS) is 15.4. The van der Waals surface area contributed by atoms with Crippen LogP contribution in [0.5, 0.6) is 0 Å². The van der Waals surface area contributed by atoms with Gasteiger partial charge >= 0.3 is 0 Å². The highest BCUT2D eigenvalue weighted by Crippen LogP contribution is 2.35. The Balaban J connectivity index is 2.24. The molecule has 1 aliphatic rings. The van der Waals surface area contributed by atoms with Crippen molar-refractivity contribution < 1.29 is 0 Å². The van der Waals surface area contributed by atoms with Gasteiger partial charge in [0.15, 0.2) is 0 Å². The molecule has 1 aromatic rings. The first-order valence-electron chi connectivity index (χ1n) is 5.30. The highest BCUT2D eigenvalue weighted by atomic mass is 79.9. The van der Waals surface area contributed by atoms with E-state index in [-0.39, 0.29) is 0 Å². The minimum Gasteiger partial charge on any atom is -0.353 e. The second-order valence-corrected chi connectivity index (χ2v) is 5.65. The third-order valence-electron chi connectivity index (χ3n) is 2.51. The van der Waals surface area contributed by atoms with E-state index in [9.17, 15) is 0 Å². The number of pyridine rings is 1. The lowest BCUT2D eigenvalue weighted by atomic mass is 10.3. The Kier molecular flexibility index (Phi) is 3.67. The Morgan fingerprint density at radius 1 is 1.47 bits per heavy atom. The molecule has 0 aliphatic heterocycles. The molecule has 2 rings (SSSR count). The molecule has 0 saturated heterocycles. The van der Waals surface area contributed by atoms with E-state index in [1.807, 2.05) is 6.20 Å². The summed E-state index contributed by atoms with van der Waals surface area (Å²) in [5.41, 5.74) is 0. The molecule has 4 heteroatoms. The molecule has 1 fully saturated rings. The van der Waals surface area contributed by atoms with Gasteiger partial charge < -0.3 is 4.90 Å². The minimum absolute atomic E-state index is 0.718. The van der Waals surface area contributed by atoms with Gasteiger partial charge in [0, 0.05) is 23.3 Å². The average molecular weight is 334 g/mol. The van der Waals surface area contributed by atoms with Gasteiger partial charge in [-0.3, -0.25) is 0 Å². The summed E-state index contributed by atoms with van der Waals surface area (Å²) >= 11 is 7.01. The van der Waals surface area contributed by atoms with Crippen molar-refractivity contribution in [3.8, 4) is 0 Å². The van der Waals surface area contributed by atoms with E-state index in [0.717, 1.165) is 27.3 Å². The molecule has 0 amide bonds. The second-order valence-electron chi connectivity index (χ2n) is 3.88. The van der Waals surface area contributed by atoms with E-state index in [1.165, 1.54) is 19.3 Å². The van der Waals surface area contributed by atoms with Crippen molar-refractivity contribution in [3.05, 3.63) is 21.2 Å². The van der Waals surface area contributed by atoms with Crippen LogP contribution < -0.4 is 4.90 Å². The topological polar surface area (TPSA) is 16.1 Å². The molecule has 15 heavy (non-hydrogen) atoms. The highest BCUT2D eigenvalue weighted by molar-refractivity contribution is 9.11. The lowest BCUT2D eigenvalue weighted by Crippen LogP contribution is -2.27. The number of hydrogen-bond acceptors (Lipinski definition) is 2. The van der Waals surface area contributed by atoms with Gasteiger partial charge in [-0.15, -0.1) is 0 Å². The Hall–Kier alpha value is -0.0900. The van der Waals surface area contributed by atoms with Crippen molar-refractivity contribution >= 4 is 37.7 Å². The van der Waals surface area contributed by atoms with Crippen LogP contribution >= 0.6 is 31.9 Å². The first-order valence-corrected chi connectivity index (χ1v) is 6.88. The molecule has 2 nitrogen and oxygen atoms in total. The van der Waals surface area contributed by atoms with Crippen LogP contribution in [-0.2, 0) is 0 Å². The van der Waals surface area contributed by atoms with Crippen LogP contribution in [0.4, 0.5) is 5.82 Å². The molecule has 0 N–H and O–H groups in total. The number of aromatic nitrogens is 1. The molecular formula is C11H14Br2N2. The molecular weight excluding hydrogens is 320 g/mol. The zero-order valence-corrected chi connectivity index (χ0v) is 11.9. The van der Waals surface area contributed by atoms with Crippen LogP contribution in [0.3, 0.4) is 0 Å². The standard InChI is InChI=1S/C11H14Br2N2/c1-2-5-15(9-3-4-9)11-10(13)6-8(12)7-14-11/h6-7,9H,2-5H2,1H3. The molecule has 1 saturated carbocycles. The zero-order chi connectivity index (χ0) is 10.8. The van der Waals surface area contributed by atoms with E-state index in [1.54, 1.807) is 0 Å². The second kappa shape index (κ2) is 4.83. The first kappa shape index (κ1) is 11.4. The molecule has 0 radical (unpaired) electrons. The summed E-state index contributed by atoms with van der Waals surface area (Å²) in [7, 11) is 0. The van der Waals surface area contributed by atoms with Crippen LogP contribution in [0.15, 0.2) is 21.2 Å². The summed E-state index contributed by atoms with van der Waals surface area (Å²) in [5, 5.41) is 0. The lowest BCUT2D eigenvalue weighted by molar-refractivity contribution is 0.748. The SMILES string of the molecule is CCCN(c1ncc(Br)cc1Br)C1CC1.